The Morgan fingerprint density at radius 3 is 3.33 bits per heavy atom. The number of nitrogens with zero attached hydrogens (tertiary/aromatic N) is 1. The van der Waals surface area contributed by atoms with Gasteiger partial charge in [-0.25, -0.2) is 4.98 Å². The summed E-state index contributed by atoms with van der Waals surface area (Å²) in [5.74, 6) is 0.148. The summed E-state index contributed by atoms with van der Waals surface area (Å²) in [4.78, 5) is 16.0. The molecule has 2 heterocycles. The number of carbonyl (C=O) groups is 1. The third kappa shape index (κ3) is 3.18. The molecule has 1 unspecified atom stereocenters. The van der Waals surface area contributed by atoms with Crippen LogP contribution in [-0.2, 0) is 4.74 Å². The number of hydrogen-bond acceptors (Lipinski definition) is 5. The molecule has 0 aromatic carbocycles. The molecule has 1 aromatic rings. The molecular formula is C12H17N3O3. The highest BCUT2D eigenvalue weighted by atomic mass is 16.5. The van der Waals surface area contributed by atoms with Crippen molar-refractivity contribution in [2.45, 2.75) is 6.04 Å². The molecule has 6 nitrogen and oxygen atoms in total. The molecule has 1 aromatic heterocycles. The van der Waals surface area contributed by atoms with E-state index in [1.165, 1.54) is 7.11 Å². The second kappa shape index (κ2) is 6.32. The van der Waals surface area contributed by atoms with Gasteiger partial charge in [-0.05, 0) is 12.1 Å². The topological polar surface area (TPSA) is 72.5 Å². The van der Waals surface area contributed by atoms with E-state index in [4.69, 9.17) is 9.47 Å². The maximum Gasteiger partial charge on any atom is 0.256 e. The molecule has 0 spiro atoms. The van der Waals surface area contributed by atoms with E-state index in [0.29, 0.717) is 24.6 Å². The maximum absolute atomic E-state index is 12.0. The second-order valence-electron chi connectivity index (χ2n) is 4.00. The van der Waals surface area contributed by atoms with Crippen LogP contribution in [0.2, 0.25) is 0 Å². The molecular weight excluding hydrogens is 234 g/mol. The summed E-state index contributed by atoms with van der Waals surface area (Å²) >= 11 is 0. The van der Waals surface area contributed by atoms with Crippen molar-refractivity contribution in [1.29, 1.82) is 0 Å². The minimum atomic E-state index is -0.188. The van der Waals surface area contributed by atoms with E-state index >= 15 is 0 Å². The third-order valence-corrected chi connectivity index (χ3v) is 2.72. The molecule has 1 fully saturated rings. The number of amides is 1. The SMILES string of the molecule is COc1ncccc1C(=O)NCC1COCCN1. The molecule has 0 radical (unpaired) electrons. The summed E-state index contributed by atoms with van der Waals surface area (Å²) in [6.07, 6.45) is 1.59. The Hall–Kier alpha value is -1.66. The van der Waals surface area contributed by atoms with E-state index in [2.05, 4.69) is 15.6 Å². The van der Waals surface area contributed by atoms with E-state index < -0.39 is 0 Å². The number of hydrogen-bond donors (Lipinski definition) is 2. The quantitative estimate of drug-likeness (QED) is 0.776. The van der Waals surface area contributed by atoms with Gasteiger partial charge in [0.1, 0.15) is 5.56 Å². The minimum absolute atomic E-state index is 0.158. The monoisotopic (exact) mass is 251 g/mol. The maximum atomic E-state index is 12.0. The van der Waals surface area contributed by atoms with Crippen LogP contribution in [0.15, 0.2) is 18.3 Å². The molecule has 1 saturated heterocycles. The van der Waals surface area contributed by atoms with Crippen LogP contribution in [0.3, 0.4) is 0 Å². The number of methoxy groups -OCH3 is 1. The van der Waals surface area contributed by atoms with Crippen LogP contribution in [0.5, 0.6) is 5.88 Å². The zero-order valence-corrected chi connectivity index (χ0v) is 10.3. The first-order valence-corrected chi connectivity index (χ1v) is 5.89. The Bertz CT molecular complexity index is 405. The van der Waals surface area contributed by atoms with Crippen molar-refractivity contribution in [3.05, 3.63) is 23.9 Å². The van der Waals surface area contributed by atoms with E-state index in [1.54, 1.807) is 18.3 Å². The van der Waals surface area contributed by atoms with Gasteiger partial charge >= 0.3 is 0 Å². The number of rotatable bonds is 4. The van der Waals surface area contributed by atoms with Gasteiger partial charge < -0.3 is 20.1 Å². The summed E-state index contributed by atoms with van der Waals surface area (Å²) in [5.41, 5.74) is 0.441. The number of ether oxygens (including phenoxy) is 2. The smallest absolute Gasteiger partial charge is 0.256 e. The normalized spacial score (nSPS) is 19.3. The number of carbonyl (C=O) groups excluding carboxylic acids is 1. The number of morpholine rings is 1. The molecule has 1 aliphatic heterocycles. The lowest BCUT2D eigenvalue weighted by Crippen LogP contribution is -2.48. The Labute approximate surface area is 106 Å². The second-order valence-corrected chi connectivity index (χ2v) is 4.00. The van der Waals surface area contributed by atoms with Crippen LogP contribution in [0.4, 0.5) is 0 Å². The van der Waals surface area contributed by atoms with Crippen LogP contribution in [-0.4, -0.2) is 50.3 Å². The molecule has 0 saturated carbocycles. The molecule has 98 valence electrons. The molecule has 18 heavy (non-hydrogen) atoms. The van der Waals surface area contributed by atoms with Crippen LogP contribution in [0, 0.1) is 0 Å². The van der Waals surface area contributed by atoms with Gasteiger partial charge in [-0.15, -0.1) is 0 Å². The van der Waals surface area contributed by atoms with Gasteiger partial charge in [-0.3, -0.25) is 4.79 Å². The Balaban J connectivity index is 1.90. The summed E-state index contributed by atoms with van der Waals surface area (Å²) in [7, 11) is 1.50. The summed E-state index contributed by atoms with van der Waals surface area (Å²) in [6.45, 7) is 2.68. The summed E-state index contributed by atoms with van der Waals surface area (Å²) in [5, 5.41) is 6.11. The van der Waals surface area contributed by atoms with Crippen LogP contribution in [0.1, 0.15) is 10.4 Å². The van der Waals surface area contributed by atoms with Crippen LogP contribution >= 0.6 is 0 Å². The number of nitrogens with one attached hydrogen (secondary N) is 2. The van der Waals surface area contributed by atoms with E-state index in [0.717, 1.165) is 13.2 Å². The fourth-order valence-electron chi connectivity index (χ4n) is 1.79. The summed E-state index contributed by atoms with van der Waals surface area (Å²) in [6, 6.07) is 3.55. The largest absolute Gasteiger partial charge is 0.480 e. The van der Waals surface area contributed by atoms with Crippen molar-refractivity contribution in [3.8, 4) is 5.88 Å². The Kier molecular flexibility index (Phi) is 4.49. The van der Waals surface area contributed by atoms with Gasteiger partial charge in [0.05, 0.1) is 20.3 Å². The molecule has 0 aliphatic carbocycles. The van der Waals surface area contributed by atoms with Gasteiger partial charge in [0.2, 0.25) is 5.88 Å². The van der Waals surface area contributed by atoms with Crippen molar-refractivity contribution in [2.24, 2.45) is 0 Å². The van der Waals surface area contributed by atoms with Gasteiger partial charge in [0.15, 0.2) is 0 Å². The van der Waals surface area contributed by atoms with Gasteiger partial charge in [-0.2, -0.15) is 0 Å². The predicted octanol–water partition coefficient (Wildman–Crippen LogP) is -0.192. The van der Waals surface area contributed by atoms with Gasteiger partial charge in [-0.1, -0.05) is 0 Å². The molecule has 6 heteroatoms. The van der Waals surface area contributed by atoms with E-state index in [1.807, 2.05) is 0 Å². The zero-order chi connectivity index (χ0) is 12.8. The number of pyridine rings is 1. The molecule has 1 atom stereocenters. The molecule has 1 amide bonds. The first-order chi connectivity index (χ1) is 8.81. The highest BCUT2D eigenvalue weighted by Crippen LogP contribution is 2.12. The summed E-state index contributed by atoms with van der Waals surface area (Å²) < 4.78 is 10.4. The Morgan fingerprint density at radius 2 is 2.61 bits per heavy atom. The molecule has 0 bridgehead atoms. The van der Waals surface area contributed by atoms with Crippen LogP contribution < -0.4 is 15.4 Å². The molecule has 1 aliphatic rings. The van der Waals surface area contributed by atoms with Crippen molar-refractivity contribution in [2.75, 3.05) is 33.4 Å². The highest BCUT2D eigenvalue weighted by Gasteiger charge is 2.16. The fourth-order valence-corrected chi connectivity index (χ4v) is 1.79. The molecule has 2 N–H and O–H groups in total. The van der Waals surface area contributed by atoms with Crippen molar-refractivity contribution in [3.63, 3.8) is 0 Å². The van der Waals surface area contributed by atoms with Gasteiger partial charge in [0.25, 0.3) is 5.91 Å². The first-order valence-electron chi connectivity index (χ1n) is 5.89. The van der Waals surface area contributed by atoms with Crippen molar-refractivity contribution in [1.82, 2.24) is 15.6 Å². The van der Waals surface area contributed by atoms with Crippen LogP contribution in [0.25, 0.3) is 0 Å². The molecule has 2 rings (SSSR count). The van der Waals surface area contributed by atoms with Crippen molar-refractivity contribution >= 4 is 5.91 Å². The lowest BCUT2D eigenvalue weighted by Gasteiger charge is -2.23. The highest BCUT2D eigenvalue weighted by molar-refractivity contribution is 5.96. The number of aromatic nitrogens is 1. The minimum Gasteiger partial charge on any atom is -0.480 e. The fraction of sp³-hybridized carbons (Fsp3) is 0.500. The van der Waals surface area contributed by atoms with Gasteiger partial charge in [0, 0.05) is 25.3 Å². The third-order valence-electron chi connectivity index (χ3n) is 2.72. The lowest BCUT2D eigenvalue weighted by atomic mass is 10.2. The van der Waals surface area contributed by atoms with E-state index in [9.17, 15) is 4.79 Å². The van der Waals surface area contributed by atoms with Crippen molar-refractivity contribution < 1.29 is 14.3 Å². The lowest BCUT2D eigenvalue weighted by molar-refractivity contribution is 0.0734. The predicted molar refractivity (Wildman–Crippen MR) is 65.7 cm³/mol. The Morgan fingerprint density at radius 1 is 1.72 bits per heavy atom. The standard InChI is InChI=1S/C12H17N3O3/c1-17-12-10(3-2-4-14-12)11(16)15-7-9-8-18-6-5-13-9/h2-4,9,13H,5-8H2,1H3,(H,15,16). The zero-order valence-electron chi connectivity index (χ0n) is 10.3. The average Bonchev–Trinajstić information content (AvgIpc) is 2.45. The van der Waals surface area contributed by atoms with E-state index in [-0.39, 0.29) is 11.9 Å². The first kappa shape index (κ1) is 12.8. The average molecular weight is 251 g/mol.